The molecule has 0 aliphatic carbocycles. The first-order chi connectivity index (χ1) is 8.02. The molecule has 0 heterocycles. The Bertz CT molecular complexity index is 394. The zero-order valence-corrected chi connectivity index (χ0v) is 11.1. The molecule has 3 nitrogen and oxygen atoms in total. The van der Waals surface area contributed by atoms with Gasteiger partial charge in [-0.3, -0.25) is 4.79 Å². The Labute approximate surface area is 111 Å². The Morgan fingerprint density at radius 1 is 1.47 bits per heavy atom. The van der Waals surface area contributed by atoms with Crippen molar-refractivity contribution in [3.05, 3.63) is 33.8 Å². The first-order valence-corrected chi connectivity index (χ1v) is 6.18. The number of carbonyl (C=O) groups is 1. The molecule has 1 rings (SSSR count). The van der Waals surface area contributed by atoms with Gasteiger partial charge in [-0.25, -0.2) is 0 Å². The van der Waals surface area contributed by atoms with Crippen LogP contribution in [-0.4, -0.2) is 23.7 Å². The van der Waals surface area contributed by atoms with Gasteiger partial charge in [-0.1, -0.05) is 29.3 Å². The van der Waals surface area contributed by atoms with E-state index < -0.39 is 0 Å². The van der Waals surface area contributed by atoms with E-state index in [-0.39, 0.29) is 17.0 Å². The van der Waals surface area contributed by atoms with Crippen molar-refractivity contribution < 1.29 is 9.90 Å². The summed E-state index contributed by atoms with van der Waals surface area (Å²) < 4.78 is 0. The summed E-state index contributed by atoms with van der Waals surface area (Å²) in [6.45, 7) is 2.22. The van der Waals surface area contributed by atoms with Gasteiger partial charge < -0.3 is 10.4 Å². The van der Waals surface area contributed by atoms with Crippen LogP contribution in [0.3, 0.4) is 0 Å². The molecule has 0 aliphatic heterocycles. The fraction of sp³-hybridized carbons (Fsp3) is 0.417. The van der Waals surface area contributed by atoms with Crippen LogP contribution in [-0.2, 0) is 0 Å². The van der Waals surface area contributed by atoms with Crippen LogP contribution in [0.2, 0.25) is 10.0 Å². The van der Waals surface area contributed by atoms with E-state index in [2.05, 4.69) is 5.32 Å². The summed E-state index contributed by atoms with van der Waals surface area (Å²) in [4.78, 5) is 11.7. The quantitative estimate of drug-likeness (QED) is 0.812. The van der Waals surface area contributed by atoms with E-state index in [4.69, 9.17) is 28.3 Å². The molecule has 1 aromatic carbocycles. The number of halogens is 2. The van der Waals surface area contributed by atoms with Gasteiger partial charge in [0.2, 0.25) is 0 Å². The minimum atomic E-state index is -0.346. The fourth-order valence-electron chi connectivity index (χ4n) is 1.37. The van der Waals surface area contributed by atoms with E-state index in [9.17, 15) is 4.79 Å². The van der Waals surface area contributed by atoms with Crippen LogP contribution in [0.4, 0.5) is 0 Å². The first kappa shape index (κ1) is 14.3. The molecule has 1 aromatic rings. The Balaban J connectivity index is 2.50. The second-order valence-electron chi connectivity index (χ2n) is 3.85. The van der Waals surface area contributed by atoms with Gasteiger partial charge in [-0.15, -0.1) is 0 Å². The monoisotopic (exact) mass is 275 g/mol. The maximum absolute atomic E-state index is 11.7. The lowest BCUT2D eigenvalue weighted by Gasteiger charge is -2.08. The maximum Gasteiger partial charge on any atom is 0.252 e. The molecule has 1 unspecified atom stereocenters. The molecule has 1 amide bonds. The number of hydrogen-bond donors (Lipinski definition) is 2. The standard InChI is InChI=1S/C12H15Cl2NO2/c1-8(16)4-3-7-15-12(17)9-5-2-6-10(13)11(9)14/h2,5-6,8,16H,3-4,7H2,1H3,(H,15,17). The summed E-state index contributed by atoms with van der Waals surface area (Å²) in [7, 11) is 0. The minimum absolute atomic E-state index is 0.247. The van der Waals surface area contributed by atoms with Crippen LogP contribution in [0.25, 0.3) is 0 Å². The van der Waals surface area contributed by atoms with Gasteiger partial charge in [0, 0.05) is 6.54 Å². The third-order valence-electron chi connectivity index (χ3n) is 2.28. The van der Waals surface area contributed by atoms with E-state index in [1.165, 1.54) is 0 Å². The number of amides is 1. The Hall–Kier alpha value is -0.770. The Morgan fingerprint density at radius 2 is 2.18 bits per heavy atom. The third kappa shape index (κ3) is 4.54. The highest BCUT2D eigenvalue weighted by Crippen LogP contribution is 2.25. The molecular weight excluding hydrogens is 261 g/mol. The lowest BCUT2D eigenvalue weighted by atomic mass is 10.2. The molecule has 0 fully saturated rings. The number of aliphatic hydroxyl groups excluding tert-OH is 1. The van der Waals surface area contributed by atoms with Crippen LogP contribution in [0, 0.1) is 0 Å². The largest absolute Gasteiger partial charge is 0.393 e. The zero-order chi connectivity index (χ0) is 12.8. The highest BCUT2D eigenvalue weighted by molar-refractivity contribution is 6.43. The van der Waals surface area contributed by atoms with Gasteiger partial charge in [0.1, 0.15) is 0 Å². The SMILES string of the molecule is CC(O)CCCNC(=O)c1cccc(Cl)c1Cl. The summed E-state index contributed by atoms with van der Waals surface area (Å²) in [5.74, 6) is -0.247. The highest BCUT2D eigenvalue weighted by atomic mass is 35.5. The summed E-state index contributed by atoms with van der Waals surface area (Å²) in [6, 6.07) is 4.94. The molecule has 5 heteroatoms. The van der Waals surface area contributed by atoms with Gasteiger partial charge in [0.25, 0.3) is 5.91 Å². The number of rotatable bonds is 5. The molecule has 0 spiro atoms. The number of benzene rings is 1. The normalized spacial score (nSPS) is 12.2. The molecule has 0 aromatic heterocycles. The molecule has 94 valence electrons. The predicted octanol–water partition coefficient (Wildman–Crippen LogP) is 2.88. The predicted molar refractivity (Wildman–Crippen MR) is 69.7 cm³/mol. The number of nitrogens with one attached hydrogen (secondary N) is 1. The van der Waals surface area contributed by atoms with Crippen molar-refractivity contribution >= 4 is 29.1 Å². The van der Waals surface area contributed by atoms with Gasteiger partial charge in [0.05, 0.1) is 21.7 Å². The molecular formula is C12H15Cl2NO2. The summed E-state index contributed by atoms with van der Waals surface area (Å²) >= 11 is 11.7. The number of carbonyl (C=O) groups excluding carboxylic acids is 1. The summed E-state index contributed by atoms with van der Waals surface area (Å²) in [6.07, 6.45) is 1.03. The first-order valence-electron chi connectivity index (χ1n) is 5.42. The number of hydrogen-bond acceptors (Lipinski definition) is 2. The third-order valence-corrected chi connectivity index (χ3v) is 3.10. The van der Waals surface area contributed by atoms with Gasteiger partial charge in [-0.2, -0.15) is 0 Å². The van der Waals surface area contributed by atoms with E-state index in [0.717, 1.165) is 6.42 Å². The Kier molecular flexibility index (Phi) is 5.75. The van der Waals surface area contributed by atoms with Crippen molar-refractivity contribution in [3.63, 3.8) is 0 Å². The zero-order valence-electron chi connectivity index (χ0n) is 9.54. The fourth-order valence-corrected chi connectivity index (χ4v) is 1.76. The molecule has 2 N–H and O–H groups in total. The van der Waals surface area contributed by atoms with E-state index in [1.807, 2.05) is 0 Å². The number of aliphatic hydroxyl groups is 1. The molecule has 0 radical (unpaired) electrons. The second-order valence-corrected chi connectivity index (χ2v) is 4.63. The topological polar surface area (TPSA) is 49.3 Å². The summed E-state index contributed by atoms with van der Waals surface area (Å²) in [5.41, 5.74) is 0.371. The van der Waals surface area contributed by atoms with Crippen molar-refractivity contribution in [2.24, 2.45) is 0 Å². The molecule has 17 heavy (non-hydrogen) atoms. The van der Waals surface area contributed by atoms with Crippen LogP contribution in [0.5, 0.6) is 0 Å². The van der Waals surface area contributed by atoms with Gasteiger partial charge >= 0.3 is 0 Å². The highest BCUT2D eigenvalue weighted by Gasteiger charge is 2.11. The van der Waals surface area contributed by atoms with Crippen LogP contribution in [0.1, 0.15) is 30.1 Å². The van der Waals surface area contributed by atoms with Crippen molar-refractivity contribution in [1.82, 2.24) is 5.32 Å². The molecule has 0 aliphatic rings. The van der Waals surface area contributed by atoms with E-state index in [0.29, 0.717) is 23.6 Å². The van der Waals surface area contributed by atoms with Crippen LogP contribution in [0.15, 0.2) is 18.2 Å². The van der Waals surface area contributed by atoms with Crippen molar-refractivity contribution in [3.8, 4) is 0 Å². The lowest BCUT2D eigenvalue weighted by Crippen LogP contribution is -2.25. The summed E-state index contributed by atoms with van der Waals surface area (Å²) in [5, 5.41) is 12.4. The van der Waals surface area contributed by atoms with Gasteiger partial charge in [-0.05, 0) is 31.9 Å². The van der Waals surface area contributed by atoms with Crippen LogP contribution < -0.4 is 5.32 Å². The van der Waals surface area contributed by atoms with Gasteiger partial charge in [0.15, 0.2) is 0 Å². The van der Waals surface area contributed by atoms with Crippen molar-refractivity contribution in [2.75, 3.05) is 6.54 Å². The van der Waals surface area contributed by atoms with E-state index in [1.54, 1.807) is 25.1 Å². The lowest BCUT2D eigenvalue weighted by molar-refractivity contribution is 0.0950. The van der Waals surface area contributed by atoms with E-state index >= 15 is 0 Å². The Morgan fingerprint density at radius 3 is 2.82 bits per heavy atom. The molecule has 0 saturated heterocycles. The molecule has 0 saturated carbocycles. The van der Waals surface area contributed by atoms with Crippen molar-refractivity contribution in [1.29, 1.82) is 0 Å². The van der Waals surface area contributed by atoms with Crippen LogP contribution >= 0.6 is 23.2 Å². The average molecular weight is 276 g/mol. The maximum atomic E-state index is 11.7. The van der Waals surface area contributed by atoms with Crippen molar-refractivity contribution in [2.45, 2.75) is 25.9 Å². The molecule has 0 bridgehead atoms. The average Bonchev–Trinajstić information content (AvgIpc) is 2.27. The minimum Gasteiger partial charge on any atom is -0.393 e. The second kappa shape index (κ2) is 6.84. The smallest absolute Gasteiger partial charge is 0.252 e. The molecule has 1 atom stereocenters.